The van der Waals surface area contributed by atoms with Crippen molar-refractivity contribution in [1.82, 2.24) is 10.9 Å². The van der Waals surface area contributed by atoms with Crippen molar-refractivity contribution in [2.75, 3.05) is 13.7 Å². The second kappa shape index (κ2) is 9.45. The smallest absolute Gasteiger partial charge is 0.276 e. The molecule has 0 fully saturated rings. The number of rotatable bonds is 5. The molecule has 0 radical (unpaired) electrons. The molecule has 0 spiro atoms. The van der Waals surface area contributed by atoms with Crippen molar-refractivity contribution in [2.45, 2.75) is 0 Å². The first kappa shape index (κ1) is 20.8. The van der Waals surface area contributed by atoms with Gasteiger partial charge in [0.15, 0.2) is 12.4 Å². The molecule has 2 amide bonds. The molecule has 0 aliphatic carbocycles. The summed E-state index contributed by atoms with van der Waals surface area (Å²) in [5.74, 6) is -0.197. The van der Waals surface area contributed by atoms with Crippen molar-refractivity contribution in [3.05, 3.63) is 54.9 Å². The molecule has 0 aliphatic rings. The van der Waals surface area contributed by atoms with Gasteiger partial charge < -0.3 is 9.47 Å². The Morgan fingerprint density at radius 1 is 1.08 bits per heavy atom. The maximum absolute atomic E-state index is 12.0. The van der Waals surface area contributed by atoms with E-state index in [0.717, 1.165) is 0 Å². The minimum atomic E-state index is -0.566. The fourth-order valence-corrected chi connectivity index (χ4v) is 3.76. The minimum Gasteiger partial charge on any atom is -0.496 e. The second-order valence-corrected chi connectivity index (χ2v) is 7.39. The second-order valence-electron chi connectivity index (χ2n) is 4.84. The highest BCUT2D eigenvalue weighted by molar-refractivity contribution is 9.10. The van der Waals surface area contributed by atoms with Gasteiger partial charge in [-0.25, -0.2) is 0 Å². The summed E-state index contributed by atoms with van der Waals surface area (Å²) in [5, 5.41) is 0.681. The van der Waals surface area contributed by atoms with Gasteiger partial charge in [0.2, 0.25) is 0 Å². The summed E-state index contributed by atoms with van der Waals surface area (Å²) in [6.07, 6.45) is 0. The van der Waals surface area contributed by atoms with Gasteiger partial charge in [0.25, 0.3) is 11.8 Å². The molecule has 0 heterocycles. The highest BCUT2D eigenvalue weighted by Crippen LogP contribution is 2.35. The largest absolute Gasteiger partial charge is 0.496 e. The number of carbonyl (C=O) groups is 2. The van der Waals surface area contributed by atoms with E-state index in [1.165, 1.54) is 13.2 Å². The van der Waals surface area contributed by atoms with Gasteiger partial charge in [-0.15, -0.1) is 0 Å². The van der Waals surface area contributed by atoms with Gasteiger partial charge in [0.1, 0.15) is 5.75 Å². The van der Waals surface area contributed by atoms with Gasteiger partial charge in [0, 0.05) is 10.6 Å². The molecule has 0 unspecified atom stereocenters. The fourth-order valence-electron chi connectivity index (χ4n) is 1.85. The van der Waals surface area contributed by atoms with E-state index in [0.29, 0.717) is 25.3 Å². The molecule has 26 heavy (non-hydrogen) atoms. The summed E-state index contributed by atoms with van der Waals surface area (Å²) in [6.45, 7) is -0.355. The number of benzene rings is 2. The molecule has 2 N–H and O–H groups in total. The van der Waals surface area contributed by atoms with E-state index in [2.05, 4.69) is 42.7 Å². The summed E-state index contributed by atoms with van der Waals surface area (Å²) in [4.78, 5) is 23.9. The normalized spacial score (nSPS) is 10.2. The van der Waals surface area contributed by atoms with E-state index < -0.39 is 11.8 Å². The Hall–Kier alpha value is -1.48. The quantitative estimate of drug-likeness (QED) is 0.567. The van der Waals surface area contributed by atoms with Gasteiger partial charge in [-0.05, 0) is 62.2 Å². The first-order valence-electron chi connectivity index (χ1n) is 7.02. The lowest BCUT2D eigenvalue weighted by Crippen LogP contribution is -2.43. The Morgan fingerprint density at radius 3 is 2.42 bits per heavy atom. The molecule has 0 aromatic heterocycles. The Kier molecular flexibility index (Phi) is 7.57. The van der Waals surface area contributed by atoms with Crippen LogP contribution in [-0.4, -0.2) is 25.5 Å². The lowest BCUT2D eigenvalue weighted by atomic mass is 10.2. The summed E-state index contributed by atoms with van der Waals surface area (Å²) in [7, 11) is 1.52. The van der Waals surface area contributed by atoms with Crippen LogP contribution in [0.25, 0.3) is 0 Å². The molecule has 2 aromatic carbocycles. The zero-order chi connectivity index (χ0) is 19.3. The van der Waals surface area contributed by atoms with Crippen LogP contribution in [0.1, 0.15) is 10.4 Å². The molecule has 10 heteroatoms. The van der Waals surface area contributed by atoms with Crippen molar-refractivity contribution >= 4 is 66.9 Å². The van der Waals surface area contributed by atoms with Gasteiger partial charge in [-0.1, -0.05) is 23.2 Å². The predicted molar refractivity (Wildman–Crippen MR) is 106 cm³/mol. The number of hydrogen-bond donors (Lipinski definition) is 2. The van der Waals surface area contributed by atoms with Crippen LogP contribution in [0.5, 0.6) is 11.5 Å². The van der Waals surface area contributed by atoms with Crippen molar-refractivity contribution < 1.29 is 19.1 Å². The maximum atomic E-state index is 12.0. The predicted octanol–water partition coefficient (Wildman–Crippen LogP) is 4.37. The van der Waals surface area contributed by atoms with Crippen LogP contribution >= 0.6 is 55.1 Å². The third-order valence-electron chi connectivity index (χ3n) is 3.04. The van der Waals surface area contributed by atoms with E-state index >= 15 is 0 Å². The lowest BCUT2D eigenvalue weighted by molar-refractivity contribution is -0.123. The molecule has 6 nitrogen and oxygen atoms in total. The van der Waals surface area contributed by atoms with Crippen molar-refractivity contribution in [1.29, 1.82) is 0 Å². The minimum absolute atomic E-state index is 0.254. The average molecular weight is 527 g/mol. The van der Waals surface area contributed by atoms with E-state index in [9.17, 15) is 9.59 Å². The van der Waals surface area contributed by atoms with Crippen LogP contribution in [0.2, 0.25) is 10.0 Å². The van der Waals surface area contributed by atoms with Gasteiger partial charge in [0.05, 0.1) is 21.1 Å². The summed E-state index contributed by atoms with van der Waals surface area (Å²) in [5.41, 5.74) is 4.88. The number of carbonyl (C=O) groups excluding carboxylic acids is 2. The molecule has 0 saturated carbocycles. The lowest BCUT2D eigenvalue weighted by Gasteiger charge is -2.12. The van der Waals surface area contributed by atoms with Crippen LogP contribution < -0.4 is 20.3 Å². The fraction of sp³-hybridized carbons (Fsp3) is 0.125. The summed E-state index contributed by atoms with van der Waals surface area (Å²) < 4.78 is 11.6. The molecule has 138 valence electrons. The van der Waals surface area contributed by atoms with E-state index in [1.54, 1.807) is 24.3 Å². The average Bonchev–Trinajstić information content (AvgIpc) is 2.58. The molecular weight excluding hydrogens is 515 g/mol. The number of methoxy groups -OCH3 is 1. The van der Waals surface area contributed by atoms with E-state index in [-0.39, 0.29) is 17.4 Å². The Labute approximate surface area is 176 Å². The molecule has 0 bridgehead atoms. The Bertz CT molecular complexity index is 826. The highest BCUT2D eigenvalue weighted by atomic mass is 79.9. The molecular formula is C16H12Br2Cl2N2O4. The number of amides is 2. The van der Waals surface area contributed by atoms with Crippen LogP contribution in [-0.2, 0) is 4.79 Å². The number of hydrazine groups is 1. The highest BCUT2D eigenvalue weighted by Gasteiger charge is 2.13. The zero-order valence-corrected chi connectivity index (χ0v) is 17.9. The van der Waals surface area contributed by atoms with Crippen LogP contribution in [0.3, 0.4) is 0 Å². The molecule has 2 aromatic rings. The van der Waals surface area contributed by atoms with Gasteiger partial charge in [-0.3, -0.25) is 20.4 Å². The topological polar surface area (TPSA) is 76.7 Å². The van der Waals surface area contributed by atoms with Crippen LogP contribution in [0.15, 0.2) is 39.3 Å². The standard InChI is InChI=1S/C16H12Br2Cl2N2O4/c1-25-13-3-2-8(4-10(13)17)16(24)22-21-14(23)7-26-15-11(18)5-9(19)6-12(15)20/h2-6H,7H2,1H3,(H,21,23)(H,22,24). The Morgan fingerprint density at radius 2 is 1.81 bits per heavy atom. The third kappa shape index (κ3) is 5.51. The summed E-state index contributed by atoms with van der Waals surface area (Å²) in [6, 6.07) is 7.84. The van der Waals surface area contributed by atoms with Crippen LogP contribution in [0, 0.1) is 0 Å². The van der Waals surface area contributed by atoms with Gasteiger partial charge in [-0.2, -0.15) is 0 Å². The monoisotopic (exact) mass is 524 g/mol. The molecule has 0 atom stereocenters. The van der Waals surface area contributed by atoms with Gasteiger partial charge >= 0.3 is 0 Å². The number of hydrogen-bond acceptors (Lipinski definition) is 4. The van der Waals surface area contributed by atoms with Crippen molar-refractivity contribution in [3.8, 4) is 11.5 Å². The molecule has 0 aliphatic heterocycles. The zero-order valence-electron chi connectivity index (χ0n) is 13.2. The SMILES string of the molecule is COc1ccc(C(=O)NNC(=O)COc2c(Cl)cc(Cl)cc2Br)cc1Br. The van der Waals surface area contributed by atoms with Crippen LogP contribution in [0.4, 0.5) is 0 Å². The maximum Gasteiger partial charge on any atom is 0.276 e. The first-order chi connectivity index (χ1) is 12.3. The molecule has 2 rings (SSSR count). The van der Waals surface area contributed by atoms with E-state index in [4.69, 9.17) is 32.7 Å². The third-order valence-corrected chi connectivity index (χ3v) is 4.75. The molecule has 0 saturated heterocycles. The first-order valence-corrected chi connectivity index (χ1v) is 9.36. The van der Waals surface area contributed by atoms with Crippen molar-refractivity contribution in [2.24, 2.45) is 0 Å². The summed E-state index contributed by atoms with van der Waals surface area (Å²) >= 11 is 18.4. The number of halogens is 4. The van der Waals surface area contributed by atoms with E-state index in [1.807, 2.05) is 0 Å². The Balaban J connectivity index is 1.89. The number of ether oxygens (including phenoxy) is 2. The number of nitrogens with one attached hydrogen (secondary N) is 2. The van der Waals surface area contributed by atoms with Crippen molar-refractivity contribution in [3.63, 3.8) is 0 Å².